The van der Waals surface area contributed by atoms with Crippen LogP contribution in [0.1, 0.15) is 23.5 Å². The normalized spacial score (nSPS) is 19.6. The van der Waals surface area contributed by atoms with Crippen molar-refractivity contribution in [3.8, 4) is 0 Å². The summed E-state index contributed by atoms with van der Waals surface area (Å²) in [6.45, 7) is 0.795. The van der Waals surface area contributed by atoms with Gasteiger partial charge in [0.25, 0.3) is 0 Å². The van der Waals surface area contributed by atoms with Gasteiger partial charge in [0.1, 0.15) is 0 Å². The summed E-state index contributed by atoms with van der Waals surface area (Å²) in [4.78, 5) is 6.54. The second kappa shape index (κ2) is 8.33. The zero-order chi connectivity index (χ0) is 16.4. The number of hydrogen-bond donors (Lipinski definition) is 1. The van der Waals surface area contributed by atoms with Gasteiger partial charge in [0.15, 0.2) is 5.96 Å². The van der Waals surface area contributed by atoms with Crippen LogP contribution < -0.4 is 5.32 Å². The van der Waals surface area contributed by atoms with E-state index in [0.29, 0.717) is 12.0 Å². The lowest BCUT2D eigenvalue weighted by molar-refractivity contribution is 0.475. The number of nitrogens with one attached hydrogen (secondary N) is 1. The van der Waals surface area contributed by atoms with Gasteiger partial charge < -0.3 is 10.2 Å². The van der Waals surface area contributed by atoms with Gasteiger partial charge in [-0.2, -0.15) is 5.10 Å². The number of nitrogens with zero attached hydrogens (tertiary/aromatic N) is 4. The smallest absolute Gasteiger partial charge is 0.193 e. The van der Waals surface area contributed by atoms with E-state index in [9.17, 15) is 0 Å². The molecule has 24 heavy (non-hydrogen) atoms. The Kier molecular flexibility index (Phi) is 6.68. The van der Waals surface area contributed by atoms with E-state index in [1.54, 1.807) is 0 Å². The summed E-state index contributed by atoms with van der Waals surface area (Å²) in [5.41, 5.74) is 2.56. The van der Waals surface area contributed by atoms with E-state index in [-0.39, 0.29) is 24.0 Å². The summed E-state index contributed by atoms with van der Waals surface area (Å²) in [5, 5.41) is 7.78. The molecule has 0 amide bonds. The highest BCUT2D eigenvalue weighted by Crippen LogP contribution is 2.41. The van der Waals surface area contributed by atoms with Gasteiger partial charge in [0.2, 0.25) is 0 Å². The standard InChI is InChI=1S/C17H22BrN5.HI/c1-19-17(22(2)10-12-9-20-23(3)11-12)21-16-8-15(16)13-4-6-14(18)7-5-13;/h4-7,9,11,15-16H,8,10H2,1-3H3,(H,19,21);1H. The summed E-state index contributed by atoms with van der Waals surface area (Å²) in [7, 11) is 5.82. The van der Waals surface area contributed by atoms with Crippen molar-refractivity contribution in [2.45, 2.75) is 24.9 Å². The molecule has 2 aromatic rings. The molecule has 1 saturated carbocycles. The summed E-state index contributed by atoms with van der Waals surface area (Å²) >= 11 is 3.49. The number of aliphatic imine (C=N–C) groups is 1. The lowest BCUT2D eigenvalue weighted by atomic mass is 10.1. The van der Waals surface area contributed by atoms with Crippen LogP contribution in [0, 0.1) is 0 Å². The number of aromatic nitrogens is 2. The van der Waals surface area contributed by atoms with Gasteiger partial charge in [-0.15, -0.1) is 24.0 Å². The summed E-state index contributed by atoms with van der Waals surface area (Å²) in [6.07, 6.45) is 5.08. The van der Waals surface area contributed by atoms with Crippen LogP contribution in [0.15, 0.2) is 46.1 Å². The van der Waals surface area contributed by atoms with E-state index in [0.717, 1.165) is 23.4 Å². The molecule has 130 valence electrons. The molecule has 1 fully saturated rings. The van der Waals surface area contributed by atoms with Crippen molar-refractivity contribution in [3.05, 3.63) is 52.3 Å². The van der Waals surface area contributed by atoms with Crippen LogP contribution in [-0.4, -0.2) is 40.8 Å². The first kappa shape index (κ1) is 19.2. The van der Waals surface area contributed by atoms with Crippen LogP contribution >= 0.6 is 39.9 Å². The SMILES string of the molecule is CN=C(NC1CC1c1ccc(Br)cc1)N(C)Cc1cnn(C)c1.I. The molecule has 3 rings (SSSR count). The van der Waals surface area contributed by atoms with Gasteiger partial charge in [0, 0.05) is 55.9 Å². The molecule has 0 spiro atoms. The Balaban J connectivity index is 0.00000208. The largest absolute Gasteiger partial charge is 0.353 e. The third-order valence-corrected chi connectivity index (χ3v) is 4.68. The van der Waals surface area contributed by atoms with Crippen molar-refractivity contribution in [3.63, 3.8) is 0 Å². The highest BCUT2D eigenvalue weighted by molar-refractivity contribution is 14.0. The van der Waals surface area contributed by atoms with E-state index in [1.165, 1.54) is 11.1 Å². The Bertz CT molecular complexity index is 697. The molecule has 0 radical (unpaired) electrons. The lowest BCUT2D eigenvalue weighted by Gasteiger charge is -2.21. The summed E-state index contributed by atoms with van der Waals surface area (Å²) in [5.74, 6) is 1.50. The molecule has 2 atom stereocenters. The molecule has 1 aliphatic carbocycles. The maximum atomic E-state index is 4.41. The zero-order valence-electron chi connectivity index (χ0n) is 14.1. The number of aryl methyl sites for hydroxylation is 1. The third kappa shape index (κ3) is 4.72. The second-order valence-corrected chi connectivity index (χ2v) is 6.99. The van der Waals surface area contributed by atoms with Gasteiger partial charge in [-0.3, -0.25) is 9.67 Å². The lowest BCUT2D eigenvalue weighted by Crippen LogP contribution is -2.40. The first-order chi connectivity index (χ1) is 11.1. The second-order valence-electron chi connectivity index (χ2n) is 6.07. The van der Waals surface area contributed by atoms with Crippen LogP contribution in [0.4, 0.5) is 0 Å². The number of hydrogen-bond acceptors (Lipinski definition) is 2. The van der Waals surface area contributed by atoms with Crippen LogP contribution in [-0.2, 0) is 13.6 Å². The average Bonchev–Trinajstić information content (AvgIpc) is 3.19. The fourth-order valence-electron chi connectivity index (χ4n) is 2.85. The predicted octanol–water partition coefficient (Wildman–Crippen LogP) is 3.36. The zero-order valence-corrected chi connectivity index (χ0v) is 18.0. The molecule has 2 unspecified atom stereocenters. The topological polar surface area (TPSA) is 45.5 Å². The Labute approximate surface area is 168 Å². The third-order valence-electron chi connectivity index (χ3n) is 4.15. The molecule has 1 heterocycles. The molecule has 7 heteroatoms. The van der Waals surface area contributed by atoms with Gasteiger partial charge in [-0.25, -0.2) is 0 Å². The number of guanidine groups is 1. The average molecular weight is 504 g/mol. The van der Waals surface area contributed by atoms with Crippen molar-refractivity contribution in [1.29, 1.82) is 0 Å². The number of halogens is 2. The molecular formula is C17H23BrIN5. The molecule has 0 saturated heterocycles. The van der Waals surface area contributed by atoms with E-state index in [4.69, 9.17) is 0 Å². The van der Waals surface area contributed by atoms with E-state index < -0.39 is 0 Å². The van der Waals surface area contributed by atoms with Crippen LogP contribution in [0.2, 0.25) is 0 Å². The highest BCUT2D eigenvalue weighted by atomic mass is 127. The van der Waals surface area contributed by atoms with Crippen LogP contribution in [0.25, 0.3) is 0 Å². The minimum atomic E-state index is 0. The fourth-order valence-corrected chi connectivity index (χ4v) is 3.11. The van der Waals surface area contributed by atoms with Crippen molar-refractivity contribution in [2.24, 2.45) is 12.0 Å². The van der Waals surface area contributed by atoms with Gasteiger partial charge in [-0.1, -0.05) is 28.1 Å². The molecule has 0 bridgehead atoms. The molecule has 5 nitrogen and oxygen atoms in total. The molecule has 1 aromatic heterocycles. The van der Waals surface area contributed by atoms with Gasteiger partial charge >= 0.3 is 0 Å². The maximum Gasteiger partial charge on any atom is 0.193 e. The van der Waals surface area contributed by atoms with Crippen LogP contribution in [0.3, 0.4) is 0 Å². The van der Waals surface area contributed by atoms with E-state index in [2.05, 4.69) is 67.6 Å². The molecule has 1 aromatic carbocycles. The van der Waals surface area contributed by atoms with E-state index in [1.807, 2.05) is 31.2 Å². The predicted molar refractivity (Wildman–Crippen MR) is 112 cm³/mol. The Morgan fingerprint density at radius 1 is 1.42 bits per heavy atom. The molecule has 1 aliphatic rings. The Morgan fingerprint density at radius 3 is 2.71 bits per heavy atom. The fraction of sp³-hybridized carbons (Fsp3) is 0.412. The minimum Gasteiger partial charge on any atom is -0.353 e. The first-order valence-electron chi connectivity index (χ1n) is 7.74. The molecule has 1 N–H and O–H groups in total. The summed E-state index contributed by atoms with van der Waals surface area (Å²) < 4.78 is 2.95. The monoisotopic (exact) mass is 503 g/mol. The van der Waals surface area contributed by atoms with Crippen molar-refractivity contribution < 1.29 is 0 Å². The Morgan fingerprint density at radius 2 is 2.12 bits per heavy atom. The van der Waals surface area contributed by atoms with Crippen molar-refractivity contribution in [2.75, 3.05) is 14.1 Å². The quantitative estimate of drug-likeness (QED) is 0.395. The first-order valence-corrected chi connectivity index (χ1v) is 8.53. The Hall–Kier alpha value is -1.09. The van der Waals surface area contributed by atoms with Gasteiger partial charge in [0.05, 0.1) is 6.20 Å². The number of benzene rings is 1. The minimum absolute atomic E-state index is 0. The van der Waals surface area contributed by atoms with E-state index >= 15 is 0 Å². The molecule has 0 aliphatic heterocycles. The summed E-state index contributed by atoms with van der Waals surface area (Å²) in [6, 6.07) is 9.06. The van der Waals surface area contributed by atoms with Crippen molar-refractivity contribution in [1.82, 2.24) is 20.0 Å². The van der Waals surface area contributed by atoms with Gasteiger partial charge in [-0.05, 0) is 24.1 Å². The molecular weight excluding hydrogens is 481 g/mol. The van der Waals surface area contributed by atoms with Crippen LogP contribution in [0.5, 0.6) is 0 Å². The van der Waals surface area contributed by atoms with Crippen molar-refractivity contribution >= 4 is 45.9 Å². The maximum absolute atomic E-state index is 4.41. The number of rotatable bonds is 4. The highest BCUT2D eigenvalue weighted by Gasteiger charge is 2.39.